The van der Waals surface area contributed by atoms with Crippen molar-refractivity contribution in [2.24, 2.45) is 0 Å². The van der Waals surface area contributed by atoms with Crippen molar-refractivity contribution < 1.29 is 18.7 Å². The number of piperidine rings is 1. The molecule has 1 fully saturated rings. The van der Waals surface area contributed by atoms with E-state index in [4.69, 9.17) is 9.15 Å². The van der Waals surface area contributed by atoms with Crippen molar-refractivity contribution in [1.29, 1.82) is 0 Å². The van der Waals surface area contributed by atoms with E-state index in [1.165, 1.54) is 0 Å². The molecule has 3 aromatic rings. The Labute approximate surface area is 180 Å². The van der Waals surface area contributed by atoms with Gasteiger partial charge in [-0.05, 0) is 36.6 Å². The summed E-state index contributed by atoms with van der Waals surface area (Å²) in [5.41, 5.74) is 2.34. The highest BCUT2D eigenvalue weighted by molar-refractivity contribution is 5.92. The van der Waals surface area contributed by atoms with Crippen LogP contribution >= 0.6 is 0 Å². The average Bonchev–Trinajstić information content (AvgIpc) is 3.51. The van der Waals surface area contributed by atoms with Crippen LogP contribution in [0.25, 0.3) is 0 Å². The molecule has 2 aromatic heterocycles. The lowest BCUT2D eigenvalue weighted by Crippen LogP contribution is -2.40. The number of hydrogen-bond acceptors (Lipinski definition) is 5. The van der Waals surface area contributed by atoms with Gasteiger partial charge in [0.2, 0.25) is 5.91 Å². The predicted molar refractivity (Wildman–Crippen MR) is 113 cm³/mol. The summed E-state index contributed by atoms with van der Waals surface area (Å²) < 4.78 is 10.8. The first-order valence-corrected chi connectivity index (χ1v) is 10.4. The summed E-state index contributed by atoms with van der Waals surface area (Å²) in [4.78, 5) is 26.5. The molecule has 2 amide bonds. The van der Waals surface area contributed by atoms with Crippen LogP contribution in [0.2, 0.25) is 0 Å². The number of nitrogens with one attached hydrogen (secondary N) is 2. The van der Waals surface area contributed by atoms with Gasteiger partial charge in [-0.25, -0.2) is 0 Å². The summed E-state index contributed by atoms with van der Waals surface area (Å²) in [5.74, 6) is 0.696. The van der Waals surface area contributed by atoms with Crippen LogP contribution in [0.4, 0.5) is 0 Å². The number of ether oxygens (including phenoxy) is 1. The number of nitrogens with zero attached hydrogens (tertiary/aromatic N) is 2. The summed E-state index contributed by atoms with van der Waals surface area (Å²) in [6.45, 7) is 2.17. The summed E-state index contributed by atoms with van der Waals surface area (Å²) in [6.07, 6.45) is 3.21. The minimum Gasteiger partial charge on any atom is -0.467 e. The summed E-state index contributed by atoms with van der Waals surface area (Å²) in [6, 6.07) is 15.2. The van der Waals surface area contributed by atoms with Crippen LogP contribution in [-0.4, -0.2) is 46.6 Å². The molecule has 4 rings (SSSR count). The molecule has 162 valence electrons. The molecule has 3 heterocycles. The van der Waals surface area contributed by atoms with Gasteiger partial charge in [0.1, 0.15) is 18.1 Å². The SMILES string of the molecule is O=C(NCc1ccco1)c1cc(C2CCN(C(=O)COCc3ccccc3)CC2)[nH]n1. The lowest BCUT2D eigenvalue weighted by Gasteiger charge is -2.31. The number of rotatable bonds is 8. The number of aromatic nitrogens is 2. The van der Waals surface area contributed by atoms with Crippen LogP contribution in [0.3, 0.4) is 0 Å². The molecule has 2 N–H and O–H groups in total. The third kappa shape index (κ3) is 5.61. The largest absolute Gasteiger partial charge is 0.467 e. The quantitative estimate of drug-likeness (QED) is 0.581. The molecule has 8 heteroatoms. The first kappa shape index (κ1) is 20.9. The maximum absolute atomic E-state index is 12.4. The summed E-state index contributed by atoms with van der Waals surface area (Å²) >= 11 is 0. The molecule has 0 spiro atoms. The zero-order valence-corrected chi connectivity index (χ0v) is 17.3. The fourth-order valence-electron chi connectivity index (χ4n) is 3.69. The number of amides is 2. The van der Waals surface area contributed by atoms with Crippen LogP contribution in [0.5, 0.6) is 0 Å². The molecule has 0 unspecified atom stereocenters. The fourth-order valence-corrected chi connectivity index (χ4v) is 3.69. The van der Waals surface area contributed by atoms with Crippen LogP contribution in [0, 0.1) is 0 Å². The molecule has 8 nitrogen and oxygen atoms in total. The van der Waals surface area contributed by atoms with E-state index < -0.39 is 0 Å². The van der Waals surface area contributed by atoms with Gasteiger partial charge in [0, 0.05) is 24.7 Å². The van der Waals surface area contributed by atoms with Gasteiger partial charge in [0.15, 0.2) is 0 Å². The van der Waals surface area contributed by atoms with Crippen molar-refractivity contribution in [3.63, 3.8) is 0 Å². The van der Waals surface area contributed by atoms with Crippen molar-refractivity contribution in [2.45, 2.75) is 31.9 Å². The number of benzene rings is 1. The highest BCUT2D eigenvalue weighted by Crippen LogP contribution is 2.27. The molecule has 0 aliphatic carbocycles. The van der Waals surface area contributed by atoms with E-state index >= 15 is 0 Å². The Bertz CT molecular complexity index is 976. The second-order valence-electron chi connectivity index (χ2n) is 7.60. The number of carbonyl (C=O) groups excluding carboxylic acids is 2. The number of likely N-dealkylation sites (tertiary alicyclic amines) is 1. The summed E-state index contributed by atoms with van der Waals surface area (Å²) in [5, 5.41) is 9.92. The average molecular weight is 422 g/mol. The van der Waals surface area contributed by atoms with Crippen molar-refractivity contribution in [2.75, 3.05) is 19.7 Å². The number of aromatic amines is 1. The summed E-state index contributed by atoms with van der Waals surface area (Å²) in [7, 11) is 0. The maximum Gasteiger partial charge on any atom is 0.272 e. The minimum absolute atomic E-state index is 0.0111. The first-order valence-electron chi connectivity index (χ1n) is 10.4. The monoisotopic (exact) mass is 422 g/mol. The van der Waals surface area contributed by atoms with Gasteiger partial charge in [-0.2, -0.15) is 5.10 Å². The van der Waals surface area contributed by atoms with Crippen molar-refractivity contribution >= 4 is 11.8 Å². The van der Waals surface area contributed by atoms with Gasteiger partial charge in [0.05, 0.1) is 19.4 Å². The van der Waals surface area contributed by atoms with Crippen molar-refractivity contribution in [3.05, 3.63) is 77.5 Å². The number of carbonyl (C=O) groups is 2. The fraction of sp³-hybridized carbons (Fsp3) is 0.348. The molecule has 0 saturated carbocycles. The zero-order chi connectivity index (χ0) is 21.5. The van der Waals surface area contributed by atoms with Gasteiger partial charge in [-0.3, -0.25) is 14.7 Å². The second-order valence-corrected chi connectivity index (χ2v) is 7.60. The van der Waals surface area contributed by atoms with E-state index in [9.17, 15) is 9.59 Å². The number of hydrogen-bond donors (Lipinski definition) is 2. The lowest BCUT2D eigenvalue weighted by molar-refractivity contribution is -0.137. The maximum atomic E-state index is 12.4. The van der Waals surface area contributed by atoms with Gasteiger partial charge in [-0.15, -0.1) is 0 Å². The molecule has 0 radical (unpaired) electrons. The Kier molecular flexibility index (Phi) is 6.78. The van der Waals surface area contributed by atoms with E-state index in [1.807, 2.05) is 35.2 Å². The molecule has 31 heavy (non-hydrogen) atoms. The Morgan fingerprint density at radius 3 is 2.71 bits per heavy atom. The smallest absolute Gasteiger partial charge is 0.272 e. The van der Waals surface area contributed by atoms with Crippen LogP contribution < -0.4 is 5.32 Å². The minimum atomic E-state index is -0.248. The van der Waals surface area contributed by atoms with E-state index in [-0.39, 0.29) is 24.3 Å². The first-order chi connectivity index (χ1) is 15.2. The molecular weight excluding hydrogens is 396 g/mol. The van der Waals surface area contributed by atoms with Crippen molar-refractivity contribution in [3.8, 4) is 0 Å². The second kappa shape index (κ2) is 10.1. The lowest BCUT2D eigenvalue weighted by atomic mass is 9.93. The zero-order valence-electron chi connectivity index (χ0n) is 17.3. The van der Waals surface area contributed by atoms with E-state index in [0.29, 0.717) is 37.7 Å². The Balaban J connectivity index is 1.20. The Morgan fingerprint density at radius 1 is 1.16 bits per heavy atom. The molecule has 1 aliphatic heterocycles. The predicted octanol–water partition coefficient (Wildman–Crippen LogP) is 2.86. The molecule has 0 bridgehead atoms. The third-order valence-corrected chi connectivity index (χ3v) is 5.46. The number of furan rings is 1. The van der Waals surface area contributed by atoms with E-state index in [1.54, 1.807) is 24.5 Å². The normalized spacial score (nSPS) is 14.5. The van der Waals surface area contributed by atoms with E-state index in [2.05, 4.69) is 15.5 Å². The highest BCUT2D eigenvalue weighted by atomic mass is 16.5. The van der Waals surface area contributed by atoms with E-state index in [0.717, 1.165) is 24.1 Å². The Morgan fingerprint density at radius 2 is 1.97 bits per heavy atom. The number of H-pyrrole nitrogens is 1. The van der Waals surface area contributed by atoms with Crippen molar-refractivity contribution in [1.82, 2.24) is 20.4 Å². The molecule has 0 atom stereocenters. The molecule has 1 saturated heterocycles. The van der Waals surface area contributed by atoms with Crippen LogP contribution in [0.15, 0.2) is 59.2 Å². The highest BCUT2D eigenvalue weighted by Gasteiger charge is 2.25. The van der Waals surface area contributed by atoms with Crippen LogP contribution in [0.1, 0.15) is 46.3 Å². The molecule has 1 aromatic carbocycles. The third-order valence-electron chi connectivity index (χ3n) is 5.46. The van der Waals surface area contributed by atoms with Gasteiger partial charge in [-0.1, -0.05) is 30.3 Å². The molecular formula is C23H26N4O4. The topological polar surface area (TPSA) is 100 Å². The molecule has 1 aliphatic rings. The van der Waals surface area contributed by atoms with Gasteiger partial charge in [0.25, 0.3) is 5.91 Å². The van der Waals surface area contributed by atoms with Crippen LogP contribution in [-0.2, 0) is 22.7 Å². The van der Waals surface area contributed by atoms with Gasteiger partial charge < -0.3 is 19.4 Å². The standard InChI is InChI=1S/C23H26N4O4/c28-22(16-30-15-17-5-2-1-3-6-17)27-10-8-18(9-11-27)20-13-21(26-25-20)23(29)24-14-19-7-4-12-31-19/h1-7,12-13,18H,8-11,14-16H2,(H,24,29)(H,25,26). The van der Waals surface area contributed by atoms with Gasteiger partial charge >= 0.3 is 0 Å². The Hall–Kier alpha value is -3.39.